The summed E-state index contributed by atoms with van der Waals surface area (Å²) in [5.74, 6) is 0.0761. The third-order valence-corrected chi connectivity index (χ3v) is 8.86. The summed E-state index contributed by atoms with van der Waals surface area (Å²) in [7, 11) is -0.966. The molecule has 40 heavy (non-hydrogen) atoms. The molecule has 5 heterocycles. The molecular formula is C24H31FN8O6S. The first-order chi connectivity index (χ1) is 19.3. The molecule has 0 amide bonds. The summed E-state index contributed by atoms with van der Waals surface area (Å²) in [6, 6.07) is 0. The van der Waals surface area contributed by atoms with E-state index in [1.807, 2.05) is 6.92 Å². The van der Waals surface area contributed by atoms with Crippen LogP contribution in [0.15, 0.2) is 18.7 Å². The first-order valence-electron chi connectivity index (χ1n) is 12.9. The van der Waals surface area contributed by atoms with E-state index >= 15 is 0 Å². The minimum Gasteiger partial charge on any atom is -0.479 e. The van der Waals surface area contributed by atoms with Crippen molar-refractivity contribution >= 4 is 15.8 Å². The molecule has 0 aliphatic carbocycles. The number of halogens is 1. The maximum atomic E-state index is 14.0. The zero-order chi connectivity index (χ0) is 28.3. The number of aromatic nitrogens is 7. The lowest BCUT2D eigenvalue weighted by atomic mass is 10.1. The number of sulfone groups is 1. The van der Waals surface area contributed by atoms with Crippen LogP contribution >= 0.6 is 0 Å². The van der Waals surface area contributed by atoms with Gasteiger partial charge in [-0.2, -0.15) is 9.97 Å². The minimum atomic E-state index is -3.85. The van der Waals surface area contributed by atoms with Crippen molar-refractivity contribution in [2.24, 2.45) is 0 Å². The fourth-order valence-corrected chi connectivity index (χ4v) is 6.75. The molecule has 0 unspecified atom stereocenters. The van der Waals surface area contributed by atoms with E-state index in [1.54, 1.807) is 9.47 Å². The van der Waals surface area contributed by atoms with Gasteiger partial charge in [-0.3, -0.25) is 4.57 Å². The van der Waals surface area contributed by atoms with Crippen LogP contribution < -0.4 is 14.4 Å². The molecule has 14 nitrogen and oxygen atoms in total. The summed E-state index contributed by atoms with van der Waals surface area (Å²) < 4.78 is 65.6. The molecule has 0 N–H and O–H groups in total. The van der Waals surface area contributed by atoms with Gasteiger partial charge in [0.1, 0.15) is 18.2 Å². The molecule has 0 aromatic carbocycles. The van der Waals surface area contributed by atoms with Crippen molar-refractivity contribution in [3.63, 3.8) is 0 Å². The quantitative estimate of drug-likeness (QED) is 0.341. The smallest absolute Gasteiger partial charge is 0.245 e. The summed E-state index contributed by atoms with van der Waals surface area (Å²) in [5, 5.41) is 7.77. The summed E-state index contributed by atoms with van der Waals surface area (Å²) in [4.78, 5) is 18.2. The van der Waals surface area contributed by atoms with Gasteiger partial charge in [0, 0.05) is 26.3 Å². The highest BCUT2D eigenvalue weighted by molar-refractivity contribution is 7.91. The Kier molecular flexibility index (Phi) is 8.37. The highest BCUT2D eigenvalue weighted by Crippen LogP contribution is 2.36. The lowest BCUT2D eigenvalue weighted by molar-refractivity contribution is 0.0531. The SMILES string of the molecule is CCO[C@H]1C[C@@H](S(=O)(=O)Cc2nnc([C@@H]3CCCO3)n2-c2c(OC)ncnc2OC)CN(c2ncc(F)cn2)C1. The topological polar surface area (TPSA) is 157 Å². The van der Waals surface area contributed by atoms with Crippen molar-refractivity contribution in [2.75, 3.05) is 45.4 Å². The van der Waals surface area contributed by atoms with Crippen molar-refractivity contribution in [3.8, 4) is 17.4 Å². The Balaban J connectivity index is 1.52. The zero-order valence-electron chi connectivity index (χ0n) is 22.4. The largest absolute Gasteiger partial charge is 0.479 e. The molecule has 3 atom stereocenters. The number of anilines is 1. The molecule has 0 radical (unpaired) electrons. The number of methoxy groups -OCH3 is 2. The Morgan fingerprint density at radius 3 is 2.42 bits per heavy atom. The molecule has 2 saturated heterocycles. The van der Waals surface area contributed by atoms with Gasteiger partial charge in [-0.25, -0.2) is 22.8 Å². The Bertz CT molecular complexity index is 1390. The van der Waals surface area contributed by atoms with Crippen molar-refractivity contribution in [1.29, 1.82) is 0 Å². The highest BCUT2D eigenvalue weighted by Gasteiger charge is 2.39. The first kappa shape index (κ1) is 28.0. The van der Waals surface area contributed by atoms with E-state index in [0.717, 1.165) is 18.8 Å². The van der Waals surface area contributed by atoms with Gasteiger partial charge in [0.15, 0.2) is 33.0 Å². The minimum absolute atomic E-state index is 0.103. The van der Waals surface area contributed by atoms with E-state index in [9.17, 15) is 12.8 Å². The molecule has 0 spiro atoms. The predicted octanol–water partition coefficient (Wildman–Crippen LogP) is 1.45. The monoisotopic (exact) mass is 578 g/mol. The van der Waals surface area contributed by atoms with Crippen LogP contribution in [-0.2, 0) is 25.1 Å². The summed E-state index contributed by atoms with van der Waals surface area (Å²) >= 11 is 0. The summed E-state index contributed by atoms with van der Waals surface area (Å²) in [6.07, 6.45) is 4.37. The molecule has 216 valence electrons. The Hall–Kier alpha value is -3.50. The molecule has 0 bridgehead atoms. The third-order valence-electron chi connectivity index (χ3n) is 6.84. The van der Waals surface area contributed by atoms with Crippen LogP contribution in [0.4, 0.5) is 10.3 Å². The van der Waals surface area contributed by atoms with Crippen molar-refractivity contribution in [2.45, 2.75) is 49.4 Å². The van der Waals surface area contributed by atoms with E-state index in [2.05, 4.69) is 30.1 Å². The Morgan fingerprint density at radius 1 is 1.07 bits per heavy atom. The fourth-order valence-electron chi connectivity index (χ4n) is 5.05. The van der Waals surface area contributed by atoms with Crippen LogP contribution in [0.5, 0.6) is 11.8 Å². The molecule has 3 aromatic rings. The Labute approximate surface area is 230 Å². The summed E-state index contributed by atoms with van der Waals surface area (Å²) in [6.45, 7) is 3.27. The number of rotatable bonds is 10. The lowest BCUT2D eigenvalue weighted by Gasteiger charge is -2.37. The number of ether oxygens (including phenoxy) is 4. The van der Waals surface area contributed by atoms with Gasteiger partial charge >= 0.3 is 0 Å². The third kappa shape index (κ3) is 5.69. The second kappa shape index (κ2) is 11.9. The van der Waals surface area contributed by atoms with Gasteiger partial charge < -0.3 is 23.8 Å². The predicted molar refractivity (Wildman–Crippen MR) is 139 cm³/mol. The normalized spacial score (nSPS) is 21.5. The standard InChI is InChI=1S/C24H31FN8O6S/c1-4-38-16-8-17(12-32(11-16)24-26-9-15(25)10-27-24)40(34,35)13-19-30-31-21(18-6-5-7-39-18)33(19)20-22(36-2)28-14-29-23(20)37-3/h9-10,14,16-18H,4-8,11-13H2,1-3H3/t16-,17+,18-/m0/s1. The van der Waals surface area contributed by atoms with E-state index in [1.165, 1.54) is 20.5 Å². The van der Waals surface area contributed by atoms with Crippen LogP contribution in [0.25, 0.3) is 5.69 Å². The number of nitrogens with zero attached hydrogens (tertiary/aromatic N) is 8. The van der Waals surface area contributed by atoms with Gasteiger partial charge in [0.25, 0.3) is 0 Å². The molecule has 5 rings (SSSR count). The maximum absolute atomic E-state index is 14.0. The van der Waals surface area contributed by atoms with Crippen molar-refractivity contribution in [3.05, 3.63) is 36.2 Å². The average Bonchev–Trinajstić information content (AvgIpc) is 3.63. The van der Waals surface area contributed by atoms with E-state index in [4.69, 9.17) is 18.9 Å². The maximum Gasteiger partial charge on any atom is 0.245 e. The van der Waals surface area contributed by atoms with Crippen LogP contribution in [0.1, 0.15) is 43.9 Å². The average molecular weight is 579 g/mol. The lowest BCUT2D eigenvalue weighted by Crippen LogP contribution is -2.50. The number of piperidine rings is 1. The van der Waals surface area contributed by atoms with Gasteiger partial charge in [-0.05, 0) is 26.2 Å². The van der Waals surface area contributed by atoms with E-state index < -0.39 is 38.9 Å². The zero-order valence-corrected chi connectivity index (χ0v) is 23.3. The highest BCUT2D eigenvalue weighted by atomic mass is 32.2. The van der Waals surface area contributed by atoms with E-state index in [-0.39, 0.29) is 42.2 Å². The number of hydrogen-bond acceptors (Lipinski definition) is 13. The Morgan fingerprint density at radius 2 is 1.80 bits per heavy atom. The van der Waals surface area contributed by atoms with Crippen molar-refractivity contribution in [1.82, 2.24) is 34.7 Å². The van der Waals surface area contributed by atoms with Gasteiger partial charge in [-0.15, -0.1) is 10.2 Å². The van der Waals surface area contributed by atoms with Crippen LogP contribution in [0.3, 0.4) is 0 Å². The molecule has 2 fully saturated rings. The van der Waals surface area contributed by atoms with Crippen molar-refractivity contribution < 1.29 is 31.8 Å². The molecule has 3 aromatic heterocycles. The van der Waals surface area contributed by atoms with Crippen LogP contribution in [0.2, 0.25) is 0 Å². The molecular weight excluding hydrogens is 547 g/mol. The van der Waals surface area contributed by atoms with Gasteiger partial charge in [0.2, 0.25) is 17.7 Å². The second-order valence-corrected chi connectivity index (χ2v) is 11.7. The fraction of sp³-hybridized carbons (Fsp3) is 0.583. The second-order valence-electron chi connectivity index (χ2n) is 9.40. The van der Waals surface area contributed by atoms with E-state index in [0.29, 0.717) is 32.0 Å². The molecule has 2 aliphatic rings. The van der Waals surface area contributed by atoms with Crippen LogP contribution in [-0.4, -0.2) is 95.0 Å². The van der Waals surface area contributed by atoms with Crippen LogP contribution in [0, 0.1) is 5.82 Å². The molecule has 2 aliphatic heterocycles. The number of hydrogen-bond donors (Lipinski definition) is 0. The van der Waals surface area contributed by atoms with Gasteiger partial charge in [-0.1, -0.05) is 0 Å². The van der Waals surface area contributed by atoms with Gasteiger partial charge in [0.05, 0.1) is 38.0 Å². The molecule has 16 heteroatoms. The molecule has 0 saturated carbocycles. The first-order valence-corrected chi connectivity index (χ1v) is 14.6. The summed E-state index contributed by atoms with van der Waals surface area (Å²) in [5.41, 5.74) is 0.283.